The van der Waals surface area contributed by atoms with Crippen LogP contribution >= 0.6 is 0 Å². The summed E-state index contributed by atoms with van der Waals surface area (Å²) in [6.07, 6.45) is 4.72. The maximum atomic E-state index is 13.3. The van der Waals surface area contributed by atoms with E-state index < -0.39 is 6.04 Å². The molecule has 0 bridgehead atoms. The van der Waals surface area contributed by atoms with E-state index in [4.69, 9.17) is 0 Å². The van der Waals surface area contributed by atoms with Gasteiger partial charge in [-0.15, -0.1) is 0 Å². The Bertz CT molecular complexity index is 835. The van der Waals surface area contributed by atoms with Crippen molar-refractivity contribution >= 4 is 11.9 Å². The van der Waals surface area contributed by atoms with Gasteiger partial charge in [-0.05, 0) is 43.9 Å². The molecule has 1 saturated heterocycles. The predicted octanol–water partition coefficient (Wildman–Crippen LogP) is 2.29. The van der Waals surface area contributed by atoms with Gasteiger partial charge in [0.05, 0.1) is 5.57 Å². The van der Waals surface area contributed by atoms with Crippen LogP contribution < -0.4 is 5.32 Å². The van der Waals surface area contributed by atoms with E-state index in [1.807, 2.05) is 17.9 Å². The van der Waals surface area contributed by atoms with Crippen molar-refractivity contribution < 1.29 is 9.90 Å². The Hall–Kier alpha value is -2.83. The quantitative estimate of drug-likeness (QED) is 0.877. The number of aromatic hydroxyl groups is 1. The fourth-order valence-corrected chi connectivity index (χ4v) is 3.64. The lowest BCUT2D eigenvalue weighted by Crippen LogP contribution is -2.40. The van der Waals surface area contributed by atoms with Crippen LogP contribution in [0.1, 0.15) is 37.8 Å². The fourth-order valence-electron chi connectivity index (χ4n) is 3.64. The SMILES string of the molecule is CC1=C(C(=O)N2CCCCC2)C(c2cccc(O)c2)n2ncnc2N1. The molecule has 130 valence electrons. The Labute approximate surface area is 146 Å². The number of carbonyl (C=O) groups is 1. The number of carbonyl (C=O) groups excluding carboxylic acids is 1. The number of hydrogen-bond donors (Lipinski definition) is 2. The molecule has 2 aliphatic heterocycles. The van der Waals surface area contributed by atoms with Crippen molar-refractivity contribution in [2.75, 3.05) is 18.4 Å². The van der Waals surface area contributed by atoms with Crippen molar-refractivity contribution in [2.45, 2.75) is 32.2 Å². The molecule has 0 aliphatic carbocycles. The number of phenols is 1. The zero-order chi connectivity index (χ0) is 17.4. The van der Waals surface area contributed by atoms with E-state index in [2.05, 4.69) is 15.4 Å². The van der Waals surface area contributed by atoms with Crippen molar-refractivity contribution in [1.29, 1.82) is 0 Å². The number of allylic oxidation sites excluding steroid dienone is 1. The van der Waals surface area contributed by atoms with Gasteiger partial charge < -0.3 is 15.3 Å². The van der Waals surface area contributed by atoms with Crippen LogP contribution in [0.3, 0.4) is 0 Å². The van der Waals surface area contributed by atoms with Crippen LogP contribution in [0.25, 0.3) is 0 Å². The molecule has 7 heteroatoms. The van der Waals surface area contributed by atoms with Gasteiger partial charge >= 0.3 is 0 Å². The highest BCUT2D eigenvalue weighted by Crippen LogP contribution is 2.36. The van der Waals surface area contributed by atoms with Crippen LogP contribution in [0.4, 0.5) is 5.95 Å². The van der Waals surface area contributed by atoms with Crippen molar-refractivity contribution in [2.24, 2.45) is 0 Å². The Morgan fingerprint density at radius 3 is 2.84 bits per heavy atom. The van der Waals surface area contributed by atoms with Crippen molar-refractivity contribution in [3.8, 4) is 5.75 Å². The van der Waals surface area contributed by atoms with Crippen molar-refractivity contribution in [1.82, 2.24) is 19.7 Å². The summed E-state index contributed by atoms with van der Waals surface area (Å²) in [5, 5.41) is 17.4. The molecule has 2 aromatic rings. The summed E-state index contributed by atoms with van der Waals surface area (Å²) >= 11 is 0. The Kier molecular flexibility index (Phi) is 3.91. The number of nitrogens with one attached hydrogen (secondary N) is 1. The molecule has 7 nitrogen and oxygen atoms in total. The van der Waals surface area contributed by atoms with Gasteiger partial charge in [-0.2, -0.15) is 10.1 Å². The van der Waals surface area contributed by atoms with Crippen LogP contribution in [0.2, 0.25) is 0 Å². The van der Waals surface area contributed by atoms with Crippen molar-refractivity contribution in [3.63, 3.8) is 0 Å². The number of anilines is 1. The van der Waals surface area contributed by atoms with E-state index >= 15 is 0 Å². The van der Waals surface area contributed by atoms with Gasteiger partial charge in [0.2, 0.25) is 5.95 Å². The second kappa shape index (κ2) is 6.23. The molecule has 1 aromatic heterocycles. The zero-order valence-electron chi connectivity index (χ0n) is 14.1. The average molecular weight is 339 g/mol. The minimum absolute atomic E-state index is 0.0270. The number of benzene rings is 1. The second-order valence-corrected chi connectivity index (χ2v) is 6.54. The minimum Gasteiger partial charge on any atom is -0.508 e. The smallest absolute Gasteiger partial charge is 0.254 e. The first kappa shape index (κ1) is 15.7. The van der Waals surface area contributed by atoms with E-state index in [0.29, 0.717) is 11.5 Å². The summed E-state index contributed by atoms with van der Waals surface area (Å²) in [5.74, 6) is 0.792. The first-order valence-electron chi connectivity index (χ1n) is 8.60. The number of likely N-dealkylation sites (tertiary alicyclic amines) is 1. The summed E-state index contributed by atoms with van der Waals surface area (Å²) in [4.78, 5) is 19.4. The summed E-state index contributed by atoms with van der Waals surface area (Å²) < 4.78 is 1.71. The molecule has 3 heterocycles. The molecule has 1 unspecified atom stereocenters. The largest absolute Gasteiger partial charge is 0.508 e. The molecule has 1 aromatic carbocycles. The first-order chi connectivity index (χ1) is 12.1. The number of rotatable bonds is 2. The molecular formula is C18H21N5O2. The number of aromatic nitrogens is 3. The Morgan fingerprint density at radius 1 is 1.28 bits per heavy atom. The molecule has 4 rings (SSSR count). The number of hydrogen-bond acceptors (Lipinski definition) is 5. The van der Waals surface area contributed by atoms with E-state index in [9.17, 15) is 9.90 Å². The lowest BCUT2D eigenvalue weighted by atomic mass is 9.94. The summed E-state index contributed by atoms with van der Waals surface area (Å²) in [6.45, 7) is 3.46. The van der Waals surface area contributed by atoms with E-state index in [1.54, 1.807) is 22.9 Å². The number of phenolic OH excluding ortho intramolecular Hbond substituents is 1. The third kappa shape index (κ3) is 2.75. The van der Waals surface area contributed by atoms with Gasteiger partial charge in [-0.3, -0.25) is 4.79 Å². The van der Waals surface area contributed by atoms with Crippen LogP contribution in [0.15, 0.2) is 41.9 Å². The standard InChI is InChI=1S/C18H21N5O2/c1-12-15(17(25)22-8-3-2-4-9-22)16(13-6-5-7-14(24)10-13)23-18(21-12)19-11-20-23/h5-7,10-11,16,24H,2-4,8-9H2,1H3,(H,19,20,21). The van der Waals surface area contributed by atoms with Gasteiger partial charge in [0, 0.05) is 18.8 Å². The molecule has 0 radical (unpaired) electrons. The second-order valence-electron chi connectivity index (χ2n) is 6.54. The Balaban J connectivity index is 1.80. The summed E-state index contributed by atoms with van der Waals surface area (Å²) in [6, 6.07) is 6.58. The molecular weight excluding hydrogens is 318 g/mol. The molecule has 25 heavy (non-hydrogen) atoms. The zero-order valence-corrected chi connectivity index (χ0v) is 14.1. The molecule has 0 spiro atoms. The van der Waals surface area contributed by atoms with Crippen molar-refractivity contribution in [3.05, 3.63) is 47.4 Å². The lowest BCUT2D eigenvalue weighted by molar-refractivity contribution is -0.128. The third-order valence-corrected chi connectivity index (χ3v) is 4.85. The topological polar surface area (TPSA) is 83.3 Å². The number of nitrogens with zero attached hydrogens (tertiary/aromatic N) is 4. The molecule has 2 aliphatic rings. The van der Waals surface area contributed by atoms with Gasteiger partial charge in [0.1, 0.15) is 18.1 Å². The highest BCUT2D eigenvalue weighted by Gasteiger charge is 2.35. The lowest BCUT2D eigenvalue weighted by Gasteiger charge is -2.34. The molecule has 1 fully saturated rings. The van der Waals surface area contributed by atoms with Crippen LogP contribution in [-0.4, -0.2) is 43.8 Å². The maximum Gasteiger partial charge on any atom is 0.254 e. The fraction of sp³-hybridized carbons (Fsp3) is 0.389. The summed E-state index contributed by atoms with van der Waals surface area (Å²) in [5.41, 5.74) is 2.25. The van der Waals surface area contributed by atoms with E-state index in [1.165, 1.54) is 12.7 Å². The number of amides is 1. The monoisotopic (exact) mass is 339 g/mol. The molecule has 1 amide bonds. The number of piperidine rings is 1. The normalized spacial score (nSPS) is 20.2. The van der Waals surface area contributed by atoms with E-state index in [0.717, 1.165) is 37.2 Å². The van der Waals surface area contributed by atoms with Gasteiger partial charge in [-0.1, -0.05) is 12.1 Å². The van der Waals surface area contributed by atoms with Gasteiger partial charge in [-0.25, -0.2) is 4.68 Å². The first-order valence-corrected chi connectivity index (χ1v) is 8.60. The molecule has 1 atom stereocenters. The molecule has 0 saturated carbocycles. The Morgan fingerprint density at radius 2 is 2.08 bits per heavy atom. The number of fused-ring (bicyclic) bond motifs is 1. The van der Waals surface area contributed by atoms with Crippen LogP contribution in [-0.2, 0) is 4.79 Å². The molecule has 2 N–H and O–H groups in total. The van der Waals surface area contributed by atoms with E-state index in [-0.39, 0.29) is 11.7 Å². The van der Waals surface area contributed by atoms with Crippen LogP contribution in [0.5, 0.6) is 5.75 Å². The average Bonchev–Trinajstić information content (AvgIpc) is 3.08. The third-order valence-electron chi connectivity index (χ3n) is 4.85. The highest BCUT2D eigenvalue weighted by atomic mass is 16.3. The van der Waals surface area contributed by atoms with Gasteiger partial charge in [0.15, 0.2) is 0 Å². The maximum absolute atomic E-state index is 13.3. The van der Waals surface area contributed by atoms with Crippen LogP contribution in [0, 0.1) is 0 Å². The predicted molar refractivity (Wildman–Crippen MR) is 93.0 cm³/mol. The summed E-state index contributed by atoms with van der Waals surface area (Å²) in [7, 11) is 0. The van der Waals surface area contributed by atoms with Gasteiger partial charge in [0.25, 0.3) is 5.91 Å². The minimum atomic E-state index is -0.403. The highest BCUT2D eigenvalue weighted by molar-refractivity contribution is 5.96.